The molecule has 0 heterocycles. The summed E-state index contributed by atoms with van der Waals surface area (Å²) in [4.78, 5) is 10.6. The Kier molecular flexibility index (Phi) is 7.87. The van der Waals surface area contributed by atoms with Crippen LogP contribution in [0, 0.1) is 0 Å². The molecule has 82 valence electrons. The van der Waals surface area contributed by atoms with Crippen LogP contribution >= 0.6 is 0 Å². The molecule has 0 saturated heterocycles. The van der Waals surface area contributed by atoms with Crippen molar-refractivity contribution in [2.75, 3.05) is 33.0 Å². The Labute approximate surface area is 83.3 Å². The van der Waals surface area contributed by atoms with Gasteiger partial charge in [-0.2, -0.15) is 0 Å². The van der Waals surface area contributed by atoms with Gasteiger partial charge in [0.2, 0.25) is 0 Å². The lowest BCUT2D eigenvalue weighted by molar-refractivity contribution is -0.143. The van der Waals surface area contributed by atoms with Gasteiger partial charge in [-0.05, 0) is 13.5 Å². The Balaban J connectivity index is 3.13. The minimum absolute atomic E-state index is 0.102. The molecule has 0 aliphatic rings. The van der Waals surface area contributed by atoms with Crippen LogP contribution in [0.4, 0.5) is 0 Å². The Morgan fingerprint density at radius 1 is 1.21 bits per heavy atom. The highest BCUT2D eigenvalue weighted by Gasteiger charge is 2.04. The molecule has 0 fully saturated rings. The molecule has 5 heteroatoms. The Bertz CT molecular complexity index is 178. The lowest BCUT2D eigenvalue weighted by Crippen LogP contribution is -2.13. The first-order valence-corrected chi connectivity index (χ1v) is 4.39. The SMILES string of the molecule is C=C(O)C(=O)OCCOCCOCC. The number of hydrogen-bond acceptors (Lipinski definition) is 5. The monoisotopic (exact) mass is 204 g/mol. The van der Waals surface area contributed by atoms with E-state index in [1.165, 1.54) is 0 Å². The third-order valence-corrected chi connectivity index (χ3v) is 1.27. The van der Waals surface area contributed by atoms with Crippen molar-refractivity contribution in [1.29, 1.82) is 0 Å². The maximum atomic E-state index is 10.6. The molecule has 0 aromatic heterocycles. The van der Waals surface area contributed by atoms with Crippen LogP contribution in [-0.2, 0) is 19.0 Å². The third-order valence-electron chi connectivity index (χ3n) is 1.27. The first-order chi connectivity index (χ1) is 6.68. The second kappa shape index (κ2) is 8.52. The largest absolute Gasteiger partial charge is 0.502 e. The lowest BCUT2D eigenvalue weighted by atomic mass is 10.6. The maximum Gasteiger partial charge on any atom is 0.372 e. The van der Waals surface area contributed by atoms with Gasteiger partial charge < -0.3 is 19.3 Å². The summed E-state index contributed by atoms with van der Waals surface area (Å²) >= 11 is 0. The Morgan fingerprint density at radius 2 is 1.79 bits per heavy atom. The van der Waals surface area contributed by atoms with Crippen molar-refractivity contribution in [2.24, 2.45) is 0 Å². The molecular formula is C9H16O5. The van der Waals surface area contributed by atoms with Gasteiger partial charge in [0.25, 0.3) is 0 Å². The highest BCUT2D eigenvalue weighted by molar-refractivity contribution is 5.84. The number of aliphatic hydroxyl groups excluding tert-OH is 1. The minimum Gasteiger partial charge on any atom is -0.502 e. The maximum absolute atomic E-state index is 10.6. The van der Waals surface area contributed by atoms with Gasteiger partial charge in [0.05, 0.1) is 19.8 Å². The number of hydrogen-bond donors (Lipinski definition) is 1. The molecule has 1 N–H and O–H groups in total. The van der Waals surface area contributed by atoms with Crippen LogP contribution in [0.3, 0.4) is 0 Å². The van der Waals surface area contributed by atoms with Crippen LogP contribution in [0.2, 0.25) is 0 Å². The average molecular weight is 204 g/mol. The van der Waals surface area contributed by atoms with Crippen molar-refractivity contribution in [3.8, 4) is 0 Å². The second-order valence-electron chi connectivity index (χ2n) is 2.39. The van der Waals surface area contributed by atoms with E-state index in [0.29, 0.717) is 19.8 Å². The number of aliphatic hydroxyl groups is 1. The quantitative estimate of drug-likeness (QED) is 0.272. The van der Waals surface area contributed by atoms with E-state index in [-0.39, 0.29) is 13.2 Å². The van der Waals surface area contributed by atoms with Gasteiger partial charge >= 0.3 is 5.97 Å². The standard InChI is InChI=1S/C9H16O5/c1-3-12-4-5-13-6-7-14-9(11)8(2)10/h10H,2-7H2,1H3. The zero-order valence-electron chi connectivity index (χ0n) is 8.32. The van der Waals surface area contributed by atoms with E-state index in [4.69, 9.17) is 14.6 Å². The van der Waals surface area contributed by atoms with Gasteiger partial charge in [-0.25, -0.2) is 4.79 Å². The molecule has 0 spiro atoms. The highest BCUT2D eigenvalue weighted by atomic mass is 16.6. The molecule has 0 aromatic rings. The Morgan fingerprint density at radius 3 is 2.36 bits per heavy atom. The van der Waals surface area contributed by atoms with Crippen LogP contribution in [-0.4, -0.2) is 44.1 Å². The molecule has 0 bridgehead atoms. The molecule has 0 amide bonds. The van der Waals surface area contributed by atoms with Crippen molar-refractivity contribution in [3.63, 3.8) is 0 Å². The fourth-order valence-electron chi connectivity index (χ4n) is 0.641. The molecule has 0 unspecified atom stereocenters. The molecule has 0 saturated carbocycles. The molecule has 0 aliphatic carbocycles. The third kappa shape index (κ3) is 7.57. The molecule has 0 aliphatic heterocycles. The summed E-state index contributed by atoms with van der Waals surface area (Å²) < 4.78 is 14.6. The van der Waals surface area contributed by atoms with Gasteiger partial charge in [0, 0.05) is 6.61 Å². The number of ether oxygens (including phenoxy) is 3. The lowest BCUT2D eigenvalue weighted by Gasteiger charge is -2.05. The number of carbonyl (C=O) groups excluding carboxylic acids is 1. The van der Waals surface area contributed by atoms with E-state index in [1.807, 2.05) is 6.92 Å². The van der Waals surface area contributed by atoms with E-state index >= 15 is 0 Å². The Hall–Kier alpha value is -1.07. The van der Waals surface area contributed by atoms with Gasteiger partial charge in [-0.3, -0.25) is 0 Å². The van der Waals surface area contributed by atoms with Crippen LogP contribution in [0.5, 0.6) is 0 Å². The summed E-state index contributed by atoms with van der Waals surface area (Å²) in [7, 11) is 0. The summed E-state index contributed by atoms with van der Waals surface area (Å²) in [5.74, 6) is -1.42. The summed E-state index contributed by atoms with van der Waals surface area (Å²) in [5, 5.41) is 8.56. The number of esters is 1. The number of carbonyl (C=O) groups is 1. The summed E-state index contributed by atoms with van der Waals surface area (Å²) in [5.41, 5.74) is 0. The van der Waals surface area contributed by atoms with E-state index in [0.717, 1.165) is 0 Å². The summed E-state index contributed by atoms with van der Waals surface area (Å²) in [6.45, 7) is 6.94. The predicted molar refractivity (Wildman–Crippen MR) is 50.0 cm³/mol. The van der Waals surface area contributed by atoms with Crippen LogP contribution in [0.1, 0.15) is 6.92 Å². The zero-order valence-corrected chi connectivity index (χ0v) is 8.32. The molecular weight excluding hydrogens is 188 g/mol. The van der Waals surface area contributed by atoms with Crippen LogP contribution in [0.15, 0.2) is 12.3 Å². The normalized spacial score (nSPS) is 9.79. The van der Waals surface area contributed by atoms with Crippen molar-refractivity contribution < 1.29 is 24.1 Å². The van der Waals surface area contributed by atoms with E-state index < -0.39 is 11.7 Å². The molecule has 5 nitrogen and oxygen atoms in total. The van der Waals surface area contributed by atoms with E-state index in [2.05, 4.69) is 11.3 Å². The molecule has 0 rings (SSSR count). The highest BCUT2D eigenvalue weighted by Crippen LogP contribution is 1.88. The van der Waals surface area contributed by atoms with Crippen molar-refractivity contribution in [2.45, 2.75) is 6.92 Å². The fourth-order valence-corrected chi connectivity index (χ4v) is 0.641. The molecule has 0 aromatic carbocycles. The predicted octanol–water partition coefficient (Wildman–Crippen LogP) is 0.654. The first kappa shape index (κ1) is 12.9. The average Bonchev–Trinajstić information content (AvgIpc) is 2.16. The van der Waals surface area contributed by atoms with Gasteiger partial charge in [-0.1, -0.05) is 0 Å². The first-order valence-electron chi connectivity index (χ1n) is 4.39. The molecule has 0 atom stereocenters. The summed E-state index contributed by atoms with van der Waals surface area (Å²) in [6.07, 6.45) is 0. The van der Waals surface area contributed by atoms with Crippen molar-refractivity contribution in [1.82, 2.24) is 0 Å². The minimum atomic E-state index is -0.821. The van der Waals surface area contributed by atoms with Gasteiger partial charge in [0.1, 0.15) is 6.61 Å². The van der Waals surface area contributed by atoms with Crippen LogP contribution in [0.25, 0.3) is 0 Å². The van der Waals surface area contributed by atoms with E-state index in [9.17, 15) is 4.79 Å². The smallest absolute Gasteiger partial charge is 0.372 e. The second-order valence-corrected chi connectivity index (χ2v) is 2.39. The summed E-state index contributed by atoms with van der Waals surface area (Å²) in [6, 6.07) is 0. The van der Waals surface area contributed by atoms with Crippen molar-refractivity contribution >= 4 is 5.97 Å². The van der Waals surface area contributed by atoms with E-state index in [1.54, 1.807) is 0 Å². The zero-order chi connectivity index (χ0) is 10.8. The fraction of sp³-hybridized carbons (Fsp3) is 0.667. The van der Waals surface area contributed by atoms with Gasteiger partial charge in [0.15, 0.2) is 5.76 Å². The topological polar surface area (TPSA) is 65.0 Å². The molecule has 14 heavy (non-hydrogen) atoms. The molecule has 0 radical (unpaired) electrons. The van der Waals surface area contributed by atoms with Crippen molar-refractivity contribution in [3.05, 3.63) is 12.3 Å². The van der Waals surface area contributed by atoms with Gasteiger partial charge in [-0.15, -0.1) is 0 Å². The van der Waals surface area contributed by atoms with Crippen LogP contribution < -0.4 is 0 Å². The number of rotatable bonds is 8.